The number of benzene rings is 1. The molecule has 2 unspecified atom stereocenters. The number of nitrogens with one attached hydrogen (secondary N) is 1. The van der Waals surface area contributed by atoms with E-state index in [1.165, 1.54) is 5.56 Å². The normalized spacial score (nSPS) is 18.6. The van der Waals surface area contributed by atoms with Crippen molar-refractivity contribution in [1.29, 1.82) is 0 Å². The van der Waals surface area contributed by atoms with Gasteiger partial charge in [0.25, 0.3) is 0 Å². The van der Waals surface area contributed by atoms with Gasteiger partial charge in [0.1, 0.15) is 17.6 Å². The van der Waals surface area contributed by atoms with Gasteiger partial charge in [-0.1, -0.05) is 11.6 Å². The van der Waals surface area contributed by atoms with Gasteiger partial charge < -0.3 is 14.5 Å². The second-order valence-electron chi connectivity index (χ2n) is 5.14. The zero-order valence-electron chi connectivity index (χ0n) is 11.5. The molecule has 2 atom stereocenters. The summed E-state index contributed by atoms with van der Waals surface area (Å²) in [5.74, 6) is 2.47. The topological polar surface area (TPSA) is 47.3 Å². The van der Waals surface area contributed by atoms with E-state index in [9.17, 15) is 0 Å². The monoisotopic (exact) mass is 292 g/mol. The molecule has 4 nitrogen and oxygen atoms in total. The van der Waals surface area contributed by atoms with Crippen LogP contribution in [0.4, 0.5) is 0 Å². The molecular weight excluding hydrogens is 276 g/mol. The largest absolute Gasteiger partial charge is 0.488 e. The molecule has 1 aliphatic heterocycles. The number of hydrogen-bond acceptors (Lipinski definition) is 4. The number of aryl methyl sites for hydroxylation is 1. The van der Waals surface area contributed by atoms with Gasteiger partial charge >= 0.3 is 0 Å². The zero-order valence-corrected chi connectivity index (χ0v) is 12.3. The van der Waals surface area contributed by atoms with Crippen LogP contribution >= 0.6 is 11.6 Å². The lowest BCUT2D eigenvalue weighted by Gasteiger charge is -2.15. The minimum absolute atomic E-state index is 0.0691. The first-order valence-corrected chi connectivity index (χ1v) is 7.10. The SMILES string of the molecule is Cc1cnc(C(C)NCC2Cc3cc(Cl)ccc3O2)o1. The van der Waals surface area contributed by atoms with E-state index >= 15 is 0 Å². The molecule has 2 aromatic rings. The van der Waals surface area contributed by atoms with Crippen molar-refractivity contribution < 1.29 is 9.15 Å². The van der Waals surface area contributed by atoms with Gasteiger partial charge in [-0.05, 0) is 37.6 Å². The summed E-state index contributed by atoms with van der Waals surface area (Å²) in [5, 5.41) is 4.14. The summed E-state index contributed by atoms with van der Waals surface area (Å²) in [6.07, 6.45) is 2.74. The maximum absolute atomic E-state index is 5.99. The van der Waals surface area contributed by atoms with Crippen LogP contribution in [0.25, 0.3) is 0 Å². The van der Waals surface area contributed by atoms with Crippen LogP contribution in [0.2, 0.25) is 5.02 Å². The molecule has 0 aliphatic carbocycles. The van der Waals surface area contributed by atoms with Crippen LogP contribution in [0.3, 0.4) is 0 Å². The van der Waals surface area contributed by atoms with Gasteiger partial charge in [-0.3, -0.25) is 0 Å². The Bertz CT molecular complexity index is 612. The quantitative estimate of drug-likeness (QED) is 0.939. The van der Waals surface area contributed by atoms with E-state index in [1.54, 1.807) is 6.20 Å². The molecule has 0 spiro atoms. The Balaban J connectivity index is 1.56. The Morgan fingerprint density at radius 1 is 1.50 bits per heavy atom. The Kier molecular flexibility index (Phi) is 3.68. The summed E-state index contributed by atoms with van der Waals surface area (Å²) in [6.45, 7) is 4.67. The summed E-state index contributed by atoms with van der Waals surface area (Å²) in [6, 6.07) is 5.82. The zero-order chi connectivity index (χ0) is 14.1. The van der Waals surface area contributed by atoms with E-state index in [4.69, 9.17) is 20.8 Å². The minimum Gasteiger partial charge on any atom is -0.488 e. The van der Waals surface area contributed by atoms with Gasteiger partial charge in [-0.15, -0.1) is 0 Å². The van der Waals surface area contributed by atoms with Crippen LogP contribution in [0.1, 0.15) is 30.2 Å². The van der Waals surface area contributed by atoms with Crippen molar-refractivity contribution in [2.75, 3.05) is 6.54 Å². The smallest absolute Gasteiger partial charge is 0.211 e. The van der Waals surface area contributed by atoms with E-state index in [-0.39, 0.29) is 12.1 Å². The van der Waals surface area contributed by atoms with Crippen molar-refractivity contribution in [3.63, 3.8) is 0 Å². The number of halogens is 1. The summed E-state index contributed by atoms with van der Waals surface area (Å²) in [7, 11) is 0. The van der Waals surface area contributed by atoms with Crippen molar-refractivity contribution in [3.8, 4) is 5.75 Å². The predicted molar refractivity (Wildman–Crippen MR) is 77.2 cm³/mol. The highest BCUT2D eigenvalue weighted by Gasteiger charge is 2.24. The van der Waals surface area contributed by atoms with E-state index < -0.39 is 0 Å². The minimum atomic E-state index is 0.0691. The van der Waals surface area contributed by atoms with Crippen molar-refractivity contribution in [2.24, 2.45) is 0 Å². The molecule has 1 aliphatic rings. The second kappa shape index (κ2) is 5.46. The Morgan fingerprint density at radius 3 is 3.10 bits per heavy atom. The highest BCUT2D eigenvalue weighted by atomic mass is 35.5. The number of nitrogens with zero attached hydrogens (tertiary/aromatic N) is 1. The van der Waals surface area contributed by atoms with Crippen LogP contribution in [0, 0.1) is 6.92 Å². The molecule has 1 aromatic heterocycles. The fourth-order valence-corrected chi connectivity index (χ4v) is 2.57. The van der Waals surface area contributed by atoms with Gasteiger partial charge in [-0.2, -0.15) is 0 Å². The Labute approximate surface area is 123 Å². The molecule has 106 valence electrons. The van der Waals surface area contributed by atoms with Crippen LogP contribution in [0.15, 0.2) is 28.8 Å². The summed E-state index contributed by atoms with van der Waals surface area (Å²) in [5.41, 5.74) is 1.17. The maximum atomic E-state index is 5.99. The third-order valence-corrected chi connectivity index (χ3v) is 3.66. The van der Waals surface area contributed by atoms with E-state index in [1.807, 2.05) is 32.0 Å². The van der Waals surface area contributed by atoms with Gasteiger partial charge in [-0.25, -0.2) is 4.98 Å². The average molecular weight is 293 g/mol. The number of rotatable bonds is 4. The summed E-state index contributed by atoms with van der Waals surface area (Å²) >= 11 is 5.99. The maximum Gasteiger partial charge on any atom is 0.211 e. The molecule has 1 aromatic carbocycles. The van der Waals surface area contributed by atoms with Crippen molar-refractivity contribution >= 4 is 11.6 Å². The second-order valence-corrected chi connectivity index (χ2v) is 5.57. The van der Waals surface area contributed by atoms with Gasteiger partial charge in [0.15, 0.2) is 0 Å². The number of oxazole rings is 1. The predicted octanol–water partition coefficient (Wildman–Crippen LogP) is 3.29. The number of fused-ring (bicyclic) bond motifs is 1. The Hall–Kier alpha value is -1.52. The average Bonchev–Trinajstić information content (AvgIpc) is 3.01. The molecule has 0 fully saturated rings. The molecule has 1 N–H and O–H groups in total. The van der Waals surface area contributed by atoms with Crippen molar-refractivity contribution in [2.45, 2.75) is 32.4 Å². The van der Waals surface area contributed by atoms with E-state index in [0.717, 1.165) is 29.5 Å². The third kappa shape index (κ3) is 2.81. The van der Waals surface area contributed by atoms with Gasteiger partial charge in [0.2, 0.25) is 5.89 Å². The molecule has 20 heavy (non-hydrogen) atoms. The van der Waals surface area contributed by atoms with Gasteiger partial charge in [0.05, 0.1) is 12.2 Å². The third-order valence-electron chi connectivity index (χ3n) is 3.43. The van der Waals surface area contributed by atoms with E-state index in [2.05, 4.69) is 10.3 Å². The van der Waals surface area contributed by atoms with Crippen LogP contribution in [-0.2, 0) is 6.42 Å². The van der Waals surface area contributed by atoms with Crippen LogP contribution < -0.4 is 10.1 Å². The van der Waals surface area contributed by atoms with Crippen molar-refractivity contribution in [1.82, 2.24) is 10.3 Å². The molecule has 0 saturated carbocycles. The molecule has 0 saturated heterocycles. The molecule has 0 bridgehead atoms. The first-order chi connectivity index (χ1) is 9.61. The molecule has 0 amide bonds. The fourth-order valence-electron chi connectivity index (χ4n) is 2.37. The lowest BCUT2D eigenvalue weighted by Crippen LogP contribution is -2.32. The highest BCUT2D eigenvalue weighted by Crippen LogP contribution is 2.31. The number of hydrogen-bond donors (Lipinski definition) is 1. The highest BCUT2D eigenvalue weighted by molar-refractivity contribution is 6.30. The first kappa shape index (κ1) is 13.5. The number of ether oxygens (including phenoxy) is 1. The number of aromatic nitrogens is 1. The molecular formula is C15H17ClN2O2. The Morgan fingerprint density at radius 2 is 2.35 bits per heavy atom. The van der Waals surface area contributed by atoms with E-state index in [0.29, 0.717) is 5.89 Å². The first-order valence-electron chi connectivity index (χ1n) is 6.72. The van der Waals surface area contributed by atoms with Crippen molar-refractivity contribution in [3.05, 3.63) is 46.6 Å². The lowest BCUT2D eigenvalue weighted by atomic mass is 10.1. The molecule has 0 radical (unpaired) electrons. The summed E-state index contributed by atoms with van der Waals surface area (Å²) in [4.78, 5) is 4.22. The molecule has 5 heteroatoms. The summed E-state index contributed by atoms with van der Waals surface area (Å²) < 4.78 is 11.4. The van der Waals surface area contributed by atoms with Crippen LogP contribution in [0.5, 0.6) is 5.75 Å². The van der Waals surface area contributed by atoms with Crippen LogP contribution in [-0.4, -0.2) is 17.6 Å². The van der Waals surface area contributed by atoms with Gasteiger partial charge in [0, 0.05) is 18.0 Å². The fraction of sp³-hybridized carbons (Fsp3) is 0.400. The molecule has 3 rings (SSSR count). The molecule has 2 heterocycles. The lowest BCUT2D eigenvalue weighted by molar-refractivity contribution is 0.219. The standard InChI is InChI=1S/C15H17ClN2O2/c1-9-7-18-15(19-9)10(2)17-8-13-6-11-5-12(16)3-4-14(11)20-13/h3-5,7,10,13,17H,6,8H2,1-2H3.